The van der Waals surface area contributed by atoms with Gasteiger partial charge >= 0.3 is 12.1 Å². The van der Waals surface area contributed by atoms with Crippen LogP contribution in [0.15, 0.2) is 48.5 Å². The van der Waals surface area contributed by atoms with Gasteiger partial charge < -0.3 is 10.1 Å². The third-order valence-electron chi connectivity index (χ3n) is 3.80. The number of carbonyl (C=O) groups is 2. The van der Waals surface area contributed by atoms with Gasteiger partial charge in [-0.05, 0) is 29.8 Å². The molecule has 0 fully saturated rings. The highest BCUT2D eigenvalue weighted by Gasteiger charge is 2.31. The predicted molar refractivity (Wildman–Crippen MR) is 89.6 cm³/mol. The molecule has 1 amide bonds. The quantitative estimate of drug-likeness (QED) is 0.814. The van der Waals surface area contributed by atoms with E-state index >= 15 is 0 Å². The molecule has 0 saturated carbocycles. The average molecular weight is 376 g/mol. The van der Waals surface area contributed by atoms with E-state index in [-0.39, 0.29) is 12.0 Å². The SMILES string of the molecule is COC(=O)[C@H](Cc1ccccc1C#N)NC(=O)c1cccc(C(F)(F)F)c1. The first-order valence-corrected chi connectivity index (χ1v) is 7.80. The molecule has 27 heavy (non-hydrogen) atoms. The van der Waals surface area contributed by atoms with Crippen LogP contribution in [-0.4, -0.2) is 25.0 Å². The predicted octanol–water partition coefficient (Wildman–Crippen LogP) is 3.09. The van der Waals surface area contributed by atoms with Crippen molar-refractivity contribution in [1.29, 1.82) is 5.26 Å². The van der Waals surface area contributed by atoms with Gasteiger partial charge in [-0.1, -0.05) is 24.3 Å². The number of benzene rings is 2. The first kappa shape index (κ1) is 20.0. The van der Waals surface area contributed by atoms with Crippen molar-refractivity contribution in [2.24, 2.45) is 0 Å². The molecule has 0 aromatic heterocycles. The number of halogens is 3. The largest absolute Gasteiger partial charge is 0.467 e. The molecule has 2 aromatic carbocycles. The Labute approximate surface area is 153 Å². The summed E-state index contributed by atoms with van der Waals surface area (Å²) in [5, 5.41) is 11.5. The maximum Gasteiger partial charge on any atom is 0.416 e. The van der Waals surface area contributed by atoms with Crippen LogP contribution in [0.5, 0.6) is 0 Å². The second-order valence-corrected chi connectivity index (χ2v) is 5.60. The van der Waals surface area contributed by atoms with Crippen LogP contribution in [0.1, 0.15) is 27.0 Å². The highest BCUT2D eigenvalue weighted by molar-refractivity contribution is 5.97. The number of esters is 1. The minimum atomic E-state index is -4.59. The molecular formula is C19H15F3N2O3. The van der Waals surface area contributed by atoms with E-state index in [4.69, 9.17) is 5.26 Å². The summed E-state index contributed by atoms with van der Waals surface area (Å²) in [6.07, 6.45) is -4.63. The van der Waals surface area contributed by atoms with Crippen LogP contribution in [0.2, 0.25) is 0 Å². The van der Waals surface area contributed by atoms with Crippen molar-refractivity contribution in [3.05, 3.63) is 70.8 Å². The number of alkyl halides is 3. The zero-order valence-electron chi connectivity index (χ0n) is 14.2. The molecule has 2 rings (SSSR count). The van der Waals surface area contributed by atoms with Gasteiger partial charge in [0.15, 0.2) is 0 Å². The van der Waals surface area contributed by atoms with Crippen molar-refractivity contribution in [3.8, 4) is 6.07 Å². The minimum absolute atomic E-state index is 0.0406. The zero-order valence-corrected chi connectivity index (χ0v) is 14.2. The fourth-order valence-electron chi connectivity index (χ4n) is 2.44. The van der Waals surface area contributed by atoms with Gasteiger partial charge in [0.25, 0.3) is 5.91 Å². The van der Waals surface area contributed by atoms with E-state index in [0.717, 1.165) is 19.2 Å². The lowest BCUT2D eigenvalue weighted by molar-refractivity contribution is -0.143. The third kappa shape index (κ3) is 5.07. The summed E-state index contributed by atoms with van der Waals surface area (Å²) < 4.78 is 43.1. The molecule has 1 atom stereocenters. The Bertz CT molecular complexity index is 888. The van der Waals surface area contributed by atoms with Gasteiger partial charge in [-0.15, -0.1) is 0 Å². The van der Waals surface area contributed by atoms with Crippen molar-refractivity contribution in [2.45, 2.75) is 18.6 Å². The lowest BCUT2D eigenvalue weighted by Crippen LogP contribution is -2.43. The van der Waals surface area contributed by atoms with Gasteiger partial charge in [0.1, 0.15) is 6.04 Å². The summed E-state index contributed by atoms with van der Waals surface area (Å²) in [4.78, 5) is 24.4. The van der Waals surface area contributed by atoms with Crippen LogP contribution < -0.4 is 5.32 Å². The highest BCUT2D eigenvalue weighted by atomic mass is 19.4. The van der Waals surface area contributed by atoms with E-state index in [0.29, 0.717) is 17.2 Å². The number of hydrogen-bond donors (Lipinski definition) is 1. The van der Waals surface area contributed by atoms with E-state index in [1.165, 1.54) is 6.07 Å². The summed E-state index contributed by atoms with van der Waals surface area (Å²) in [5.41, 5.74) is -0.397. The molecule has 0 bridgehead atoms. The molecule has 0 saturated heterocycles. The molecule has 0 aliphatic rings. The van der Waals surface area contributed by atoms with E-state index in [1.807, 2.05) is 6.07 Å². The van der Waals surface area contributed by atoms with Crippen LogP contribution in [0, 0.1) is 11.3 Å². The topological polar surface area (TPSA) is 79.2 Å². The van der Waals surface area contributed by atoms with Crippen molar-refractivity contribution in [2.75, 3.05) is 7.11 Å². The maximum atomic E-state index is 12.8. The lowest BCUT2D eigenvalue weighted by atomic mass is 10.0. The van der Waals surface area contributed by atoms with Crippen LogP contribution in [-0.2, 0) is 22.1 Å². The molecule has 5 nitrogen and oxygen atoms in total. The Morgan fingerprint density at radius 2 is 1.89 bits per heavy atom. The molecule has 0 radical (unpaired) electrons. The third-order valence-corrected chi connectivity index (χ3v) is 3.80. The van der Waals surface area contributed by atoms with Gasteiger partial charge in [0, 0.05) is 12.0 Å². The number of amides is 1. The molecular weight excluding hydrogens is 361 g/mol. The number of rotatable bonds is 5. The second-order valence-electron chi connectivity index (χ2n) is 5.60. The monoisotopic (exact) mass is 376 g/mol. The number of ether oxygens (including phenoxy) is 1. The summed E-state index contributed by atoms with van der Waals surface area (Å²) in [7, 11) is 1.13. The fraction of sp³-hybridized carbons (Fsp3) is 0.211. The smallest absolute Gasteiger partial charge is 0.416 e. The molecule has 0 spiro atoms. The standard InChI is InChI=1S/C19H15F3N2O3/c1-27-18(26)16(10-12-5-2-3-6-14(12)11-23)24-17(25)13-7-4-8-15(9-13)19(20,21)22/h2-9,16H,10H2,1H3,(H,24,25)/t16-/m0/s1. The van der Waals surface area contributed by atoms with Crippen LogP contribution in [0.3, 0.4) is 0 Å². The zero-order chi connectivity index (χ0) is 20.0. The second kappa shape index (κ2) is 8.36. The summed E-state index contributed by atoms with van der Waals surface area (Å²) in [6.45, 7) is 0. The number of nitriles is 1. The molecule has 0 aliphatic heterocycles. The Hall–Kier alpha value is -3.34. The van der Waals surface area contributed by atoms with E-state index < -0.39 is 29.7 Å². The molecule has 140 valence electrons. The minimum Gasteiger partial charge on any atom is -0.467 e. The number of hydrogen-bond acceptors (Lipinski definition) is 4. The Balaban J connectivity index is 2.25. The van der Waals surface area contributed by atoms with Crippen LogP contribution >= 0.6 is 0 Å². The van der Waals surface area contributed by atoms with Crippen LogP contribution in [0.25, 0.3) is 0 Å². The Morgan fingerprint density at radius 1 is 1.19 bits per heavy atom. The van der Waals surface area contributed by atoms with Gasteiger partial charge in [-0.3, -0.25) is 4.79 Å². The van der Waals surface area contributed by atoms with Crippen molar-refractivity contribution in [3.63, 3.8) is 0 Å². The molecule has 8 heteroatoms. The van der Waals surface area contributed by atoms with Gasteiger partial charge in [-0.2, -0.15) is 18.4 Å². The van der Waals surface area contributed by atoms with Crippen molar-refractivity contribution < 1.29 is 27.5 Å². The summed E-state index contributed by atoms with van der Waals surface area (Å²) in [6, 6.07) is 11.2. The number of nitrogens with zero attached hydrogens (tertiary/aromatic N) is 1. The highest BCUT2D eigenvalue weighted by Crippen LogP contribution is 2.29. The summed E-state index contributed by atoms with van der Waals surface area (Å²) >= 11 is 0. The number of nitrogens with one attached hydrogen (secondary N) is 1. The van der Waals surface area contributed by atoms with Crippen LogP contribution in [0.4, 0.5) is 13.2 Å². The van der Waals surface area contributed by atoms with E-state index in [2.05, 4.69) is 10.1 Å². The first-order valence-electron chi connectivity index (χ1n) is 7.80. The molecule has 0 unspecified atom stereocenters. The average Bonchev–Trinajstić information content (AvgIpc) is 2.66. The van der Waals surface area contributed by atoms with E-state index in [1.54, 1.807) is 24.3 Å². The number of methoxy groups -OCH3 is 1. The van der Waals surface area contributed by atoms with E-state index in [9.17, 15) is 22.8 Å². The molecule has 1 N–H and O–H groups in total. The Morgan fingerprint density at radius 3 is 2.52 bits per heavy atom. The maximum absolute atomic E-state index is 12.8. The molecule has 0 aliphatic carbocycles. The lowest BCUT2D eigenvalue weighted by Gasteiger charge is -2.17. The first-order chi connectivity index (χ1) is 12.8. The van der Waals surface area contributed by atoms with Gasteiger partial charge in [-0.25, -0.2) is 4.79 Å². The molecule has 2 aromatic rings. The number of carbonyl (C=O) groups excluding carboxylic acids is 2. The van der Waals surface area contributed by atoms with Crippen molar-refractivity contribution in [1.82, 2.24) is 5.32 Å². The summed E-state index contributed by atoms with van der Waals surface area (Å²) in [5.74, 6) is -1.63. The van der Waals surface area contributed by atoms with Crippen molar-refractivity contribution >= 4 is 11.9 Å². The van der Waals surface area contributed by atoms with Gasteiger partial charge in [0.05, 0.1) is 24.3 Å². The van der Waals surface area contributed by atoms with Gasteiger partial charge in [0.2, 0.25) is 0 Å². The molecule has 0 heterocycles. The fourth-order valence-corrected chi connectivity index (χ4v) is 2.44. The Kier molecular flexibility index (Phi) is 6.19. The normalized spacial score (nSPS) is 12.0.